The minimum Gasteiger partial charge on any atom is -0.384 e. The summed E-state index contributed by atoms with van der Waals surface area (Å²) in [6.07, 6.45) is 3.51. The van der Waals surface area contributed by atoms with Gasteiger partial charge in [0.25, 0.3) is 0 Å². The van der Waals surface area contributed by atoms with E-state index in [0.29, 0.717) is 31.9 Å². The topological polar surface area (TPSA) is 107 Å². The largest absolute Gasteiger partial charge is 0.384 e. The molecule has 8 nitrogen and oxygen atoms in total. The molecule has 2 amide bonds. The quantitative estimate of drug-likeness (QED) is 0.455. The van der Waals surface area contributed by atoms with Gasteiger partial charge in [-0.25, -0.2) is 14.8 Å². The van der Waals surface area contributed by atoms with E-state index in [2.05, 4.69) is 27.1 Å². The molecule has 0 atom stereocenters. The molecule has 1 aromatic carbocycles. The molecule has 4 N–H and O–H groups in total. The first-order chi connectivity index (χ1) is 14.2. The molecule has 0 aliphatic rings. The van der Waals surface area contributed by atoms with Gasteiger partial charge in [-0.2, -0.15) is 0 Å². The Bertz CT molecular complexity index is 969. The number of hydrogen-bond acceptors (Lipinski definition) is 5. The molecule has 8 heteroatoms. The van der Waals surface area contributed by atoms with Crippen molar-refractivity contribution in [2.75, 3.05) is 32.5 Å². The van der Waals surface area contributed by atoms with Gasteiger partial charge in [0.2, 0.25) is 0 Å². The first-order valence-corrected chi connectivity index (χ1v) is 10.2. The zero-order valence-corrected chi connectivity index (χ0v) is 17.2. The number of benzene rings is 1. The number of aromatic nitrogens is 3. The van der Waals surface area contributed by atoms with Gasteiger partial charge in [-0.3, -0.25) is 0 Å². The third kappa shape index (κ3) is 4.95. The van der Waals surface area contributed by atoms with Crippen molar-refractivity contribution >= 4 is 33.8 Å². The number of pyridine rings is 1. The highest BCUT2D eigenvalue weighted by Gasteiger charge is 2.17. The first kappa shape index (κ1) is 20.9. The monoisotopic (exact) mass is 398 g/mol. The van der Waals surface area contributed by atoms with Crippen LogP contribution in [0.5, 0.6) is 0 Å². The van der Waals surface area contributed by atoms with E-state index in [1.165, 1.54) is 0 Å². The first-order valence-electron chi connectivity index (χ1n) is 10.2. The number of nitrogens with one attached hydrogen (secondary N) is 2. The Kier molecular flexibility index (Phi) is 7.24. The predicted molar refractivity (Wildman–Crippen MR) is 116 cm³/mol. The van der Waals surface area contributed by atoms with E-state index in [1.807, 2.05) is 24.3 Å². The normalized spacial score (nSPS) is 11.2. The molecular weight excluding hydrogens is 368 g/mol. The molecular formula is C21H30N6O2. The van der Waals surface area contributed by atoms with E-state index in [4.69, 9.17) is 15.5 Å². The van der Waals surface area contributed by atoms with Gasteiger partial charge >= 0.3 is 6.03 Å². The van der Waals surface area contributed by atoms with Crippen LogP contribution in [0.25, 0.3) is 21.9 Å². The van der Waals surface area contributed by atoms with Gasteiger partial charge in [0, 0.05) is 38.6 Å². The van der Waals surface area contributed by atoms with E-state index in [-0.39, 0.29) is 6.03 Å². The van der Waals surface area contributed by atoms with Crippen LogP contribution in [0.4, 0.5) is 10.6 Å². The molecule has 3 aromatic rings. The van der Waals surface area contributed by atoms with E-state index in [9.17, 15) is 4.79 Å². The summed E-state index contributed by atoms with van der Waals surface area (Å²) in [5.41, 5.74) is 8.77. The van der Waals surface area contributed by atoms with E-state index >= 15 is 0 Å². The number of ether oxygens (including phenoxy) is 1. The number of amides is 2. The van der Waals surface area contributed by atoms with Crippen LogP contribution < -0.4 is 16.4 Å². The molecule has 0 saturated carbocycles. The van der Waals surface area contributed by atoms with Gasteiger partial charge in [-0.1, -0.05) is 31.5 Å². The van der Waals surface area contributed by atoms with Gasteiger partial charge in [0.1, 0.15) is 11.3 Å². The van der Waals surface area contributed by atoms with E-state index in [1.54, 1.807) is 7.11 Å². The minimum atomic E-state index is -0.118. The van der Waals surface area contributed by atoms with Crippen LogP contribution in [0.3, 0.4) is 0 Å². The standard InChI is InChI=1S/C21H30N6O2/c1-3-4-11-23-21(28)24-12-7-13-27-17(10-14-29-2)26-18-19(27)15-8-5-6-9-16(15)25-20(18)22/h5-6,8-9H,3-4,7,10-14H2,1-2H3,(H2,22,25)(H2,23,24,28). The average molecular weight is 399 g/mol. The Morgan fingerprint density at radius 1 is 1.17 bits per heavy atom. The van der Waals surface area contributed by atoms with Crippen LogP contribution in [-0.4, -0.2) is 47.4 Å². The van der Waals surface area contributed by atoms with Crippen molar-refractivity contribution in [2.45, 2.75) is 39.2 Å². The number of carbonyl (C=O) groups excluding carboxylic acids is 1. The SMILES string of the molecule is CCCCNC(=O)NCCCn1c(CCOC)nc2c(N)nc3ccccc3c21. The molecule has 0 aliphatic heterocycles. The number of rotatable bonds is 10. The second-order valence-electron chi connectivity index (χ2n) is 7.02. The molecule has 0 aliphatic carbocycles. The average Bonchev–Trinajstić information content (AvgIpc) is 3.09. The molecule has 0 radical (unpaired) electrons. The smallest absolute Gasteiger partial charge is 0.314 e. The molecule has 0 unspecified atom stereocenters. The maximum Gasteiger partial charge on any atom is 0.314 e. The molecule has 0 saturated heterocycles. The van der Waals surface area contributed by atoms with Gasteiger partial charge in [0.15, 0.2) is 5.82 Å². The number of unbranched alkanes of at least 4 members (excludes halogenated alkanes) is 1. The fourth-order valence-electron chi connectivity index (χ4n) is 3.41. The number of carbonyl (C=O) groups is 1. The molecule has 2 aromatic heterocycles. The Morgan fingerprint density at radius 2 is 1.93 bits per heavy atom. The molecule has 29 heavy (non-hydrogen) atoms. The molecule has 0 bridgehead atoms. The predicted octanol–water partition coefficient (Wildman–Crippen LogP) is 2.85. The lowest BCUT2D eigenvalue weighted by Gasteiger charge is -2.12. The number of nitrogens with two attached hydrogens (primary N) is 1. The van der Waals surface area contributed by atoms with Gasteiger partial charge < -0.3 is 25.7 Å². The molecule has 2 heterocycles. The summed E-state index contributed by atoms with van der Waals surface area (Å²) in [6, 6.07) is 7.83. The summed E-state index contributed by atoms with van der Waals surface area (Å²) in [5.74, 6) is 1.35. The lowest BCUT2D eigenvalue weighted by molar-refractivity contribution is 0.199. The van der Waals surface area contributed by atoms with Gasteiger partial charge in [-0.05, 0) is 18.9 Å². The van der Waals surface area contributed by atoms with Crippen molar-refractivity contribution in [3.05, 3.63) is 30.1 Å². The Labute approximate surface area is 170 Å². The Balaban J connectivity index is 1.80. The third-order valence-electron chi connectivity index (χ3n) is 4.88. The molecule has 156 valence electrons. The Hall–Kier alpha value is -2.87. The maximum atomic E-state index is 11.8. The number of hydrogen-bond donors (Lipinski definition) is 3. The maximum absolute atomic E-state index is 11.8. The van der Waals surface area contributed by atoms with Crippen LogP contribution >= 0.6 is 0 Å². The summed E-state index contributed by atoms with van der Waals surface area (Å²) >= 11 is 0. The number of methoxy groups -OCH3 is 1. The van der Waals surface area contributed by atoms with Crippen molar-refractivity contribution in [3.63, 3.8) is 0 Å². The zero-order valence-electron chi connectivity index (χ0n) is 17.2. The number of urea groups is 1. The van der Waals surface area contributed by atoms with Crippen molar-refractivity contribution < 1.29 is 9.53 Å². The van der Waals surface area contributed by atoms with Crippen molar-refractivity contribution in [1.82, 2.24) is 25.2 Å². The highest BCUT2D eigenvalue weighted by atomic mass is 16.5. The number of anilines is 1. The van der Waals surface area contributed by atoms with Crippen LogP contribution in [0.1, 0.15) is 32.0 Å². The third-order valence-corrected chi connectivity index (χ3v) is 4.88. The van der Waals surface area contributed by atoms with Crippen LogP contribution in [0, 0.1) is 0 Å². The lowest BCUT2D eigenvalue weighted by Crippen LogP contribution is -2.36. The zero-order chi connectivity index (χ0) is 20.6. The van der Waals surface area contributed by atoms with Gasteiger partial charge in [-0.15, -0.1) is 0 Å². The molecule has 3 rings (SSSR count). The highest BCUT2D eigenvalue weighted by Crippen LogP contribution is 2.29. The molecule has 0 spiro atoms. The number of nitrogens with zero attached hydrogens (tertiary/aromatic N) is 3. The highest BCUT2D eigenvalue weighted by molar-refractivity contribution is 6.06. The summed E-state index contributed by atoms with van der Waals surface area (Å²) in [5, 5.41) is 6.81. The number of imidazole rings is 1. The van der Waals surface area contributed by atoms with Crippen LogP contribution in [0.15, 0.2) is 24.3 Å². The number of fused-ring (bicyclic) bond motifs is 3. The van der Waals surface area contributed by atoms with Crippen LogP contribution in [-0.2, 0) is 17.7 Å². The van der Waals surface area contributed by atoms with E-state index < -0.39 is 0 Å². The number of nitrogen functional groups attached to an aromatic ring is 1. The van der Waals surface area contributed by atoms with Crippen LogP contribution in [0.2, 0.25) is 0 Å². The van der Waals surface area contributed by atoms with E-state index in [0.717, 1.165) is 53.6 Å². The van der Waals surface area contributed by atoms with Crippen molar-refractivity contribution in [1.29, 1.82) is 0 Å². The second-order valence-corrected chi connectivity index (χ2v) is 7.02. The fourth-order valence-corrected chi connectivity index (χ4v) is 3.41. The second kappa shape index (κ2) is 10.1. The lowest BCUT2D eigenvalue weighted by atomic mass is 10.2. The summed E-state index contributed by atoms with van der Waals surface area (Å²) in [6.45, 7) is 4.68. The molecule has 0 fully saturated rings. The Morgan fingerprint density at radius 3 is 2.69 bits per heavy atom. The number of aryl methyl sites for hydroxylation is 1. The van der Waals surface area contributed by atoms with Crippen molar-refractivity contribution in [2.24, 2.45) is 0 Å². The van der Waals surface area contributed by atoms with Crippen molar-refractivity contribution in [3.8, 4) is 0 Å². The summed E-state index contributed by atoms with van der Waals surface area (Å²) in [4.78, 5) is 21.1. The van der Waals surface area contributed by atoms with Gasteiger partial charge in [0.05, 0.1) is 17.6 Å². The summed E-state index contributed by atoms with van der Waals surface area (Å²) in [7, 11) is 1.68. The number of para-hydroxylation sites is 1. The summed E-state index contributed by atoms with van der Waals surface area (Å²) < 4.78 is 7.44. The fraction of sp³-hybridized carbons (Fsp3) is 0.476. The minimum absolute atomic E-state index is 0.118.